The highest BCUT2D eigenvalue weighted by Crippen LogP contribution is 2.22. The molecule has 1 N–H and O–H groups in total. The maximum atomic E-state index is 12.6. The van der Waals surface area contributed by atoms with Crippen molar-refractivity contribution in [3.05, 3.63) is 71.8 Å². The first-order valence-corrected chi connectivity index (χ1v) is 8.52. The SMILES string of the molecule is Cc1cc(C)cc(NS(=O)(=O)c2ccc3ccccc3c2)c1. The molecule has 0 fully saturated rings. The summed E-state index contributed by atoms with van der Waals surface area (Å²) < 4.78 is 27.8. The molecule has 0 amide bonds. The molecular formula is C18H17NO2S. The predicted molar refractivity (Wildman–Crippen MR) is 90.7 cm³/mol. The lowest BCUT2D eigenvalue weighted by Crippen LogP contribution is -2.13. The van der Waals surface area contributed by atoms with Crippen molar-refractivity contribution >= 4 is 26.5 Å². The lowest BCUT2D eigenvalue weighted by Gasteiger charge is -2.10. The number of anilines is 1. The molecule has 0 saturated carbocycles. The molecule has 0 saturated heterocycles. The topological polar surface area (TPSA) is 46.2 Å². The third-order valence-corrected chi connectivity index (χ3v) is 4.88. The third-order valence-electron chi connectivity index (χ3n) is 3.51. The van der Waals surface area contributed by atoms with Crippen LogP contribution in [0.1, 0.15) is 11.1 Å². The fourth-order valence-electron chi connectivity index (χ4n) is 2.58. The van der Waals surface area contributed by atoms with Crippen LogP contribution in [0.25, 0.3) is 10.8 Å². The summed E-state index contributed by atoms with van der Waals surface area (Å²) in [5, 5.41) is 1.93. The number of rotatable bonds is 3. The van der Waals surface area contributed by atoms with Crippen LogP contribution in [0.2, 0.25) is 0 Å². The summed E-state index contributed by atoms with van der Waals surface area (Å²) in [6, 6.07) is 18.5. The van der Waals surface area contributed by atoms with E-state index < -0.39 is 10.0 Å². The Balaban J connectivity index is 2.00. The second-order valence-corrected chi connectivity index (χ2v) is 7.17. The average molecular weight is 311 g/mol. The highest BCUT2D eigenvalue weighted by Gasteiger charge is 2.14. The van der Waals surface area contributed by atoms with E-state index in [0.717, 1.165) is 21.9 Å². The van der Waals surface area contributed by atoms with E-state index in [1.165, 1.54) is 0 Å². The quantitative estimate of drug-likeness (QED) is 0.785. The smallest absolute Gasteiger partial charge is 0.261 e. The van der Waals surface area contributed by atoms with E-state index in [-0.39, 0.29) is 4.90 Å². The number of aryl methyl sites for hydroxylation is 2. The van der Waals surface area contributed by atoms with E-state index in [0.29, 0.717) is 5.69 Å². The number of fused-ring (bicyclic) bond motifs is 1. The largest absolute Gasteiger partial charge is 0.280 e. The van der Waals surface area contributed by atoms with Gasteiger partial charge in [0.05, 0.1) is 4.90 Å². The first-order valence-electron chi connectivity index (χ1n) is 7.04. The summed E-state index contributed by atoms with van der Waals surface area (Å²) in [4.78, 5) is 0.269. The number of sulfonamides is 1. The Morgan fingerprint density at radius 2 is 1.41 bits per heavy atom. The minimum Gasteiger partial charge on any atom is -0.280 e. The predicted octanol–water partition coefficient (Wildman–Crippen LogP) is 4.26. The van der Waals surface area contributed by atoms with E-state index in [2.05, 4.69) is 4.72 Å². The van der Waals surface area contributed by atoms with Crippen molar-refractivity contribution in [2.75, 3.05) is 4.72 Å². The van der Waals surface area contributed by atoms with Gasteiger partial charge >= 0.3 is 0 Å². The molecule has 3 nitrogen and oxygen atoms in total. The molecule has 0 atom stereocenters. The lowest BCUT2D eigenvalue weighted by molar-refractivity contribution is 0.601. The van der Waals surface area contributed by atoms with Gasteiger partial charge in [0.2, 0.25) is 0 Å². The van der Waals surface area contributed by atoms with Gasteiger partial charge < -0.3 is 0 Å². The van der Waals surface area contributed by atoms with Crippen molar-refractivity contribution in [1.29, 1.82) is 0 Å². The summed E-state index contributed by atoms with van der Waals surface area (Å²) in [6.07, 6.45) is 0. The van der Waals surface area contributed by atoms with Crippen LogP contribution in [-0.4, -0.2) is 8.42 Å². The summed E-state index contributed by atoms with van der Waals surface area (Å²) >= 11 is 0. The molecule has 3 rings (SSSR count). The molecule has 112 valence electrons. The van der Waals surface area contributed by atoms with Crippen LogP contribution in [0.15, 0.2) is 65.6 Å². The van der Waals surface area contributed by atoms with E-state index in [9.17, 15) is 8.42 Å². The van der Waals surface area contributed by atoms with E-state index in [1.807, 2.05) is 62.4 Å². The molecule has 0 aliphatic heterocycles. The molecule has 0 radical (unpaired) electrons. The molecule has 0 unspecified atom stereocenters. The molecule has 22 heavy (non-hydrogen) atoms. The highest BCUT2D eigenvalue weighted by atomic mass is 32.2. The van der Waals surface area contributed by atoms with Gasteiger partial charge in [-0.3, -0.25) is 4.72 Å². The van der Waals surface area contributed by atoms with Gasteiger partial charge in [-0.15, -0.1) is 0 Å². The molecule has 0 aromatic heterocycles. The van der Waals surface area contributed by atoms with Crippen LogP contribution in [-0.2, 0) is 10.0 Å². The fourth-order valence-corrected chi connectivity index (χ4v) is 3.66. The van der Waals surface area contributed by atoms with Gasteiger partial charge in [0, 0.05) is 5.69 Å². The van der Waals surface area contributed by atoms with Crippen molar-refractivity contribution in [2.45, 2.75) is 18.7 Å². The third kappa shape index (κ3) is 2.97. The van der Waals surface area contributed by atoms with Gasteiger partial charge in [-0.05, 0) is 60.0 Å². The lowest BCUT2D eigenvalue weighted by atomic mass is 10.1. The Bertz CT molecular complexity index is 926. The molecule has 0 spiro atoms. The Hall–Kier alpha value is -2.33. The van der Waals surface area contributed by atoms with Crippen LogP contribution >= 0.6 is 0 Å². The minimum atomic E-state index is -3.59. The fraction of sp³-hybridized carbons (Fsp3) is 0.111. The average Bonchev–Trinajstić information content (AvgIpc) is 2.45. The van der Waals surface area contributed by atoms with Crippen molar-refractivity contribution in [1.82, 2.24) is 0 Å². The highest BCUT2D eigenvalue weighted by molar-refractivity contribution is 7.92. The van der Waals surface area contributed by atoms with Crippen LogP contribution < -0.4 is 4.72 Å². The zero-order valence-electron chi connectivity index (χ0n) is 12.5. The number of hydrogen-bond acceptors (Lipinski definition) is 2. The van der Waals surface area contributed by atoms with E-state index in [1.54, 1.807) is 12.1 Å². The van der Waals surface area contributed by atoms with Gasteiger partial charge in [0.25, 0.3) is 10.0 Å². The number of benzene rings is 3. The summed E-state index contributed by atoms with van der Waals surface area (Å²) in [5.74, 6) is 0. The zero-order chi connectivity index (χ0) is 15.7. The van der Waals surface area contributed by atoms with Crippen LogP contribution in [0, 0.1) is 13.8 Å². The molecular weight excluding hydrogens is 294 g/mol. The number of nitrogens with one attached hydrogen (secondary N) is 1. The molecule has 0 aliphatic carbocycles. The summed E-state index contributed by atoms with van der Waals surface area (Å²) in [5.41, 5.74) is 2.64. The second kappa shape index (κ2) is 5.46. The maximum absolute atomic E-state index is 12.6. The number of hydrogen-bond donors (Lipinski definition) is 1. The first kappa shape index (κ1) is 14.6. The van der Waals surface area contributed by atoms with Gasteiger partial charge in [0.1, 0.15) is 0 Å². The summed E-state index contributed by atoms with van der Waals surface area (Å²) in [7, 11) is -3.59. The molecule has 3 aromatic carbocycles. The molecule has 3 aromatic rings. The Morgan fingerprint density at radius 3 is 2.09 bits per heavy atom. The van der Waals surface area contributed by atoms with Crippen molar-refractivity contribution < 1.29 is 8.42 Å². The first-order chi connectivity index (χ1) is 10.4. The monoisotopic (exact) mass is 311 g/mol. The maximum Gasteiger partial charge on any atom is 0.261 e. The Labute approximate surface area is 130 Å². The normalized spacial score (nSPS) is 11.5. The second-order valence-electron chi connectivity index (χ2n) is 5.49. The van der Waals surface area contributed by atoms with Crippen molar-refractivity contribution in [3.63, 3.8) is 0 Å². The molecule has 4 heteroatoms. The molecule has 0 bridgehead atoms. The van der Waals surface area contributed by atoms with Crippen LogP contribution in [0.3, 0.4) is 0 Å². The Morgan fingerprint density at radius 1 is 0.773 bits per heavy atom. The Kier molecular flexibility index (Phi) is 3.62. The van der Waals surface area contributed by atoms with Crippen LogP contribution in [0.5, 0.6) is 0 Å². The van der Waals surface area contributed by atoms with Crippen LogP contribution in [0.4, 0.5) is 5.69 Å². The molecule has 0 heterocycles. The standard InChI is InChI=1S/C18H17NO2S/c1-13-9-14(2)11-17(10-13)19-22(20,21)18-8-7-15-5-3-4-6-16(15)12-18/h3-12,19H,1-2H3. The van der Waals surface area contributed by atoms with Gasteiger partial charge in [-0.1, -0.05) is 36.4 Å². The zero-order valence-corrected chi connectivity index (χ0v) is 13.3. The van der Waals surface area contributed by atoms with Gasteiger partial charge in [0.15, 0.2) is 0 Å². The van der Waals surface area contributed by atoms with Crippen molar-refractivity contribution in [2.24, 2.45) is 0 Å². The van der Waals surface area contributed by atoms with E-state index >= 15 is 0 Å². The van der Waals surface area contributed by atoms with Gasteiger partial charge in [-0.25, -0.2) is 8.42 Å². The van der Waals surface area contributed by atoms with E-state index in [4.69, 9.17) is 0 Å². The van der Waals surface area contributed by atoms with Gasteiger partial charge in [-0.2, -0.15) is 0 Å². The summed E-state index contributed by atoms with van der Waals surface area (Å²) in [6.45, 7) is 3.89. The van der Waals surface area contributed by atoms with Crippen molar-refractivity contribution in [3.8, 4) is 0 Å². The minimum absolute atomic E-state index is 0.269. The molecule has 0 aliphatic rings.